The molecule has 5 rings (SSSR count). The van der Waals surface area contributed by atoms with Gasteiger partial charge in [-0.05, 0) is 56.2 Å². The summed E-state index contributed by atoms with van der Waals surface area (Å²) in [5.74, 6) is -2.12. The van der Waals surface area contributed by atoms with Gasteiger partial charge in [-0.15, -0.1) is 0 Å². The molecule has 0 radical (unpaired) electrons. The number of alkyl halides is 3. The Kier molecular flexibility index (Phi) is 5.49. The highest BCUT2D eigenvalue weighted by molar-refractivity contribution is 9.10. The van der Waals surface area contributed by atoms with E-state index in [1.54, 1.807) is 13.0 Å². The lowest BCUT2D eigenvalue weighted by atomic mass is 9.67. The standard InChI is InChI=1S/C25H20BrF3N2O4/c1-23-7-8-24(35-23,9-10-34-17-4-2-3-15(26)11-17)20-19(23)21(32)31(22(20)33)16-6-5-14(13-30)18(12-16)25(27,28)29/h2-6,11-12,19-20H,7-10H2,1H3/t19-,20+,23-,24-/m1/s1. The molecule has 2 amide bonds. The lowest BCUT2D eigenvalue weighted by Crippen LogP contribution is -2.43. The summed E-state index contributed by atoms with van der Waals surface area (Å²) in [6.07, 6.45) is -3.36. The first kappa shape index (κ1) is 23.8. The summed E-state index contributed by atoms with van der Waals surface area (Å²) in [6.45, 7) is 2.02. The third kappa shape index (κ3) is 3.72. The van der Waals surface area contributed by atoms with Gasteiger partial charge in [-0.25, -0.2) is 4.90 Å². The molecule has 3 aliphatic heterocycles. The van der Waals surface area contributed by atoms with Crippen LogP contribution >= 0.6 is 15.9 Å². The van der Waals surface area contributed by atoms with Crippen LogP contribution < -0.4 is 9.64 Å². The quantitative estimate of drug-likeness (QED) is 0.477. The van der Waals surface area contributed by atoms with Crippen LogP contribution in [0, 0.1) is 23.2 Å². The first-order valence-electron chi connectivity index (χ1n) is 11.1. The van der Waals surface area contributed by atoms with Gasteiger partial charge in [0.2, 0.25) is 11.8 Å². The van der Waals surface area contributed by atoms with Gasteiger partial charge in [0.15, 0.2) is 0 Å². The van der Waals surface area contributed by atoms with Crippen LogP contribution in [0.25, 0.3) is 0 Å². The van der Waals surface area contributed by atoms with Crippen molar-refractivity contribution in [2.24, 2.45) is 11.8 Å². The molecule has 4 atom stereocenters. The SMILES string of the molecule is C[C@]12CC[C@](CCOc3cccc(Br)c3)(O1)[C@@H]1C(=O)N(c3ccc(C#N)c(C(F)(F)F)c3)C(=O)[C@@H]12. The van der Waals surface area contributed by atoms with Crippen molar-refractivity contribution in [3.05, 3.63) is 58.1 Å². The Morgan fingerprint density at radius 1 is 1.17 bits per heavy atom. The largest absolute Gasteiger partial charge is 0.493 e. The van der Waals surface area contributed by atoms with Crippen LogP contribution in [0.1, 0.15) is 37.3 Å². The van der Waals surface area contributed by atoms with Crippen LogP contribution in [0.4, 0.5) is 18.9 Å². The number of hydrogen-bond acceptors (Lipinski definition) is 5. The molecule has 0 saturated carbocycles. The normalized spacial score (nSPS) is 29.4. The average Bonchev–Trinajstić information content (AvgIpc) is 3.37. The number of halogens is 4. The molecule has 2 aromatic rings. The van der Waals surface area contributed by atoms with E-state index in [2.05, 4.69) is 15.9 Å². The first-order valence-corrected chi connectivity index (χ1v) is 11.9. The summed E-state index contributed by atoms with van der Waals surface area (Å²) in [4.78, 5) is 27.8. The summed E-state index contributed by atoms with van der Waals surface area (Å²) in [5.41, 5.74) is -3.77. The highest BCUT2D eigenvalue weighted by atomic mass is 79.9. The molecule has 3 saturated heterocycles. The molecule has 0 N–H and O–H groups in total. The van der Waals surface area contributed by atoms with Gasteiger partial charge in [0.25, 0.3) is 0 Å². The summed E-state index contributed by atoms with van der Waals surface area (Å²) >= 11 is 3.38. The van der Waals surface area contributed by atoms with E-state index in [1.165, 1.54) is 12.1 Å². The number of nitriles is 1. The van der Waals surface area contributed by atoms with Crippen LogP contribution in [0.5, 0.6) is 5.75 Å². The van der Waals surface area contributed by atoms with E-state index in [-0.39, 0.29) is 12.3 Å². The van der Waals surface area contributed by atoms with E-state index in [1.807, 2.05) is 18.2 Å². The minimum atomic E-state index is -4.80. The Morgan fingerprint density at radius 3 is 2.60 bits per heavy atom. The zero-order valence-corrected chi connectivity index (χ0v) is 20.1. The van der Waals surface area contributed by atoms with E-state index in [4.69, 9.17) is 14.7 Å². The van der Waals surface area contributed by atoms with Gasteiger partial charge in [-0.3, -0.25) is 9.59 Å². The second kappa shape index (κ2) is 8.07. The topological polar surface area (TPSA) is 79.6 Å². The number of benzene rings is 2. The molecule has 2 bridgehead atoms. The Labute approximate surface area is 207 Å². The molecular formula is C25H20BrF3N2O4. The van der Waals surface area contributed by atoms with Gasteiger partial charge >= 0.3 is 6.18 Å². The number of rotatable bonds is 5. The fraction of sp³-hybridized carbons (Fsp3) is 0.400. The number of carbonyl (C=O) groups excluding carboxylic acids is 2. The zero-order valence-electron chi connectivity index (χ0n) is 18.6. The van der Waals surface area contributed by atoms with Gasteiger partial charge in [-0.2, -0.15) is 18.4 Å². The number of hydrogen-bond donors (Lipinski definition) is 0. The number of imide groups is 1. The highest BCUT2D eigenvalue weighted by Crippen LogP contribution is 2.62. The summed E-state index contributed by atoms with van der Waals surface area (Å²) in [6, 6.07) is 11.7. The fourth-order valence-corrected chi connectivity index (χ4v) is 6.14. The van der Waals surface area contributed by atoms with Crippen LogP contribution in [0.15, 0.2) is 46.9 Å². The summed E-state index contributed by atoms with van der Waals surface area (Å²) < 4.78 is 53.6. The molecule has 2 aromatic carbocycles. The fourth-order valence-electron chi connectivity index (χ4n) is 5.77. The van der Waals surface area contributed by atoms with Gasteiger partial charge in [0, 0.05) is 10.9 Å². The van der Waals surface area contributed by atoms with Crippen molar-refractivity contribution in [3.63, 3.8) is 0 Å². The zero-order chi connectivity index (χ0) is 25.2. The van der Waals surface area contributed by atoms with E-state index < -0.39 is 52.2 Å². The predicted octanol–water partition coefficient (Wildman–Crippen LogP) is 5.24. The van der Waals surface area contributed by atoms with E-state index in [0.29, 0.717) is 31.1 Å². The molecule has 10 heteroatoms. The number of nitrogens with zero attached hydrogens (tertiary/aromatic N) is 2. The molecule has 0 aromatic heterocycles. The van der Waals surface area contributed by atoms with Gasteiger partial charge in [0.1, 0.15) is 5.75 Å². The molecule has 3 aliphatic rings. The first-order chi connectivity index (χ1) is 16.5. The van der Waals surface area contributed by atoms with Gasteiger partial charge < -0.3 is 9.47 Å². The smallest absolute Gasteiger partial charge is 0.417 e. The molecule has 0 aliphatic carbocycles. The van der Waals surface area contributed by atoms with Crippen molar-refractivity contribution in [2.75, 3.05) is 11.5 Å². The van der Waals surface area contributed by atoms with E-state index in [9.17, 15) is 22.8 Å². The number of fused-ring (bicyclic) bond motifs is 5. The molecular weight excluding hydrogens is 529 g/mol. The molecule has 0 unspecified atom stereocenters. The molecule has 6 nitrogen and oxygen atoms in total. The van der Waals surface area contributed by atoms with Gasteiger partial charge in [-0.1, -0.05) is 22.0 Å². The number of anilines is 1. The number of amides is 2. The third-order valence-electron chi connectivity index (χ3n) is 7.29. The van der Waals surface area contributed by atoms with Crippen LogP contribution in [0.3, 0.4) is 0 Å². The van der Waals surface area contributed by atoms with Crippen molar-refractivity contribution in [1.82, 2.24) is 0 Å². The second-order valence-electron chi connectivity index (χ2n) is 9.34. The maximum atomic E-state index is 13.6. The average molecular weight is 549 g/mol. The molecule has 3 heterocycles. The third-order valence-corrected chi connectivity index (χ3v) is 7.78. The minimum Gasteiger partial charge on any atom is -0.493 e. The Bertz CT molecular complexity index is 1280. The molecule has 0 spiro atoms. The van der Waals surface area contributed by atoms with Crippen LogP contribution in [-0.4, -0.2) is 29.6 Å². The minimum absolute atomic E-state index is 0.190. The molecule has 182 valence electrons. The second-order valence-corrected chi connectivity index (χ2v) is 10.3. The Morgan fingerprint density at radius 2 is 1.91 bits per heavy atom. The number of ether oxygens (including phenoxy) is 2. The van der Waals surface area contributed by atoms with Crippen LogP contribution in [0.2, 0.25) is 0 Å². The van der Waals surface area contributed by atoms with Crippen molar-refractivity contribution in [1.29, 1.82) is 5.26 Å². The molecule has 3 fully saturated rings. The summed E-state index contributed by atoms with van der Waals surface area (Å²) in [5, 5.41) is 9.07. The van der Waals surface area contributed by atoms with Gasteiger partial charge in [0.05, 0.1) is 52.5 Å². The molecule has 35 heavy (non-hydrogen) atoms. The van der Waals surface area contributed by atoms with E-state index in [0.717, 1.165) is 15.4 Å². The van der Waals surface area contributed by atoms with Crippen molar-refractivity contribution < 1.29 is 32.2 Å². The van der Waals surface area contributed by atoms with Crippen molar-refractivity contribution in [2.45, 2.75) is 43.6 Å². The van der Waals surface area contributed by atoms with Crippen molar-refractivity contribution >= 4 is 33.4 Å². The summed E-state index contributed by atoms with van der Waals surface area (Å²) in [7, 11) is 0. The maximum absolute atomic E-state index is 13.6. The van der Waals surface area contributed by atoms with E-state index >= 15 is 0 Å². The maximum Gasteiger partial charge on any atom is 0.417 e. The monoisotopic (exact) mass is 548 g/mol. The lowest BCUT2D eigenvalue weighted by molar-refractivity contribution is -0.138. The highest BCUT2D eigenvalue weighted by Gasteiger charge is 2.73. The Hall–Kier alpha value is -2.90. The lowest BCUT2D eigenvalue weighted by Gasteiger charge is -2.31. The van der Waals surface area contributed by atoms with Crippen molar-refractivity contribution in [3.8, 4) is 11.8 Å². The predicted molar refractivity (Wildman–Crippen MR) is 121 cm³/mol. The number of carbonyl (C=O) groups is 2. The van der Waals surface area contributed by atoms with Crippen LogP contribution in [-0.2, 0) is 20.5 Å². The Balaban J connectivity index is 1.44.